The molecule has 0 bridgehead atoms. The number of rotatable bonds is 7. The molecule has 1 atom stereocenters. The molecule has 0 aliphatic carbocycles. The molecule has 8 nitrogen and oxygen atoms in total. The molecule has 1 heterocycles. The average molecular weight is 447 g/mol. The summed E-state index contributed by atoms with van der Waals surface area (Å²) < 4.78 is 5.27. The van der Waals surface area contributed by atoms with Crippen molar-refractivity contribution >= 4 is 23.0 Å². The second kappa shape index (κ2) is 9.30. The van der Waals surface area contributed by atoms with Crippen molar-refractivity contribution in [3.63, 3.8) is 0 Å². The Morgan fingerprint density at radius 2 is 1.70 bits per heavy atom. The Hall–Kier alpha value is -3.91. The molecule has 3 aromatic carbocycles. The normalized spacial score (nSPS) is 14.6. The molecule has 1 aliphatic heterocycles. The van der Waals surface area contributed by atoms with Gasteiger partial charge in [0.05, 0.1) is 30.5 Å². The number of carbonyl (C=O) groups excluding carboxylic acids is 1. The largest absolute Gasteiger partial charge is 0.505 e. The third-order valence-corrected chi connectivity index (χ3v) is 5.65. The Kier molecular flexibility index (Phi) is 6.28. The van der Waals surface area contributed by atoms with E-state index in [0.29, 0.717) is 26.3 Å². The molecule has 170 valence electrons. The van der Waals surface area contributed by atoms with Gasteiger partial charge in [-0.1, -0.05) is 48.6 Å². The highest BCUT2D eigenvalue weighted by Crippen LogP contribution is 2.34. The molecule has 1 aliphatic rings. The fraction of sp³-hybridized carbons (Fsp3) is 0.240. The quantitative estimate of drug-likeness (QED) is 0.290. The van der Waals surface area contributed by atoms with Gasteiger partial charge in [0.15, 0.2) is 5.75 Å². The standard InChI is InChI=1S/C25H25N3O5/c1-15(2)19(16-7-4-3-5-8-16)27-21-20(23(30)24(21)31)26-18-10-6-9-17(22(18)29)25(32)28-11-13-33-14-12-28/h3-10,19,26-27,29H,1,11-14H2,2H3/t19-/m1/s1. The molecule has 0 spiro atoms. The van der Waals surface area contributed by atoms with Gasteiger partial charge in [-0.15, -0.1) is 0 Å². The Labute approximate surface area is 190 Å². The minimum absolute atomic E-state index is 0.0356. The van der Waals surface area contributed by atoms with Crippen LogP contribution >= 0.6 is 0 Å². The number of nitrogens with one attached hydrogen (secondary N) is 2. The summed E-state index contributed by atoms with van der Waals surface area (Å²) in [6, 6.07) is 13.7. The summed E-state index contributed by atoms with van der Waals surface area (Å²) in [6.45, 7) is 7.57. The predicted molar refractivity (Wildman–Crippen MR) is 127 cm³/mol. The van der Waals surface area contributed by atoms with E-state index >= 15 is 0 Å². The van der Waals surface area contributed by atoms with E-state index in [1.54, 1.807) is 17.0 Å². The lowest BCUT2D eigenvalue weighted by molar-refractivity contribution is 0.0301. The van der Waals surface area contributed by atoms with E-state index in [1.807, 2.05) is 37.3 Å². The fourth-order valence-electron chi connectivity index (χ4n) is 3.82. The molecule has 0 unspecified atom stereocenters. The first kappa shape index (κ1) is 22.3. The molecule has 0 radical (unpaired) electrons. The summed E-state index contributed by atoms with van der Waals surface area (Å²) in [5.74, 6) is -0.610. The van der Waals surface area contributed by atoms with E-state index in [0.717, 1.165) is 11.1 Å². The molecule has 1 saturated heterocycles. The summed E-state index contributed by atoms with van der Waals surface area (Å²) >= 11 is 0. The van der Waals surface area contributed by atoms with Crippen molar-refractivity contribution in [1.82, 2.24) is 4.90 Å². The number of benzene rings is 2. The second-order valence-corrected chi connectivity index (χ2v) is 7.97. The number of aromatic hydroxyl groups is 1. The maximum atomic E-state index is 12.8. The minimum Gasteiger partial charge on any atom is -0.505 e. The molecule has 3 aromatic rings. The SMILES string of the molecule is C=C(C)[C@@H](Nc1c(Nc2cccc(C(=O)N3CCOCC3)c2O)c(=O)c1=O)c1ccccc1. The molecule has 1 fully saturated rings. The Morgan fingerprint density at radius 1 is 1.03 bits per heavy atom. The Bertz CT molecular complexity index is 1260. The summed E-state index contributed by atoms with van der Waals surface area (Å²) in [4.78, 5) is 39.1. The van der Waals surface area contributed by atoms with E-state index in [1.165, 1.54) is 6.07 Å². The third-order valence-electron chi connectivity index (χ3n) is 5.65. The number of hydrogen-bond donors (Lipinski definition) is 3. The predicted octanol–water partition coefficient (Wildman–Crippen LogP) is 2.93. The molecule has 0 saturated carbocycles. The summed E-state index contributed by atoms with van der Waals surface area (Å²) in [5, 5.41) is 16.7. The van der Waals surface area contributed by atoms with Gasteiger partial charge in [-0.3, -0.25) is 14.4 Å². The van der Waals surface area contributed by atoms with Crippen molar-refractivity contribution in [2.75, 3.05) is 36.9 Å². The number of phenolic OH excluding ortho intramolecular Hbond substituents is 1. The van der Waals surface area contributed by atoms with Crippen LogP contribution in [-0.4, -0.2) is 42.2 Å². The van der Waals surface area contributed by atoms with Gasteiger partial charge in [0.2, 0.25) is 0 Å². The zero-order chi connectivity index (χ0) is 23.5. The van der Waals surface area contributed by atoms with Crippen molar-refractivity contribution in [2.24, 2.45) is 0 Å². The first-order chi connectivity index (χ1) is 15.9. The first-order valence-corrected chi connectivity index (χ1v) is 10.6. The second-order valence-electron chi connectivity index (χ2n) is 7.97. The number of morpholine rings is 1. The van der Waals surface area contributed by atoms with Crippen LogP contribution in [0.1, 0.15) is 28.9 Å². The number of carbonyl (C=O) groups is 1. The van der Waals surface area contributed by atoms with Gasteiger partial charge in [-0.2, -0.15) is 0 Å². The molecule has 4 rings (SSSR count). The molecular formula is C25H25N3O5. The van der Waals surface area contributed by atoms with Crippen LogP contribution in [0.15, 0.2) is 70.3 Å². The van der Waals surface area contributed by atoms with Crippen LogP contribution in [0.25, 0.3) is 0 Å². The van der Waals surface area contributed by atoms with Crippen LogP contribution in [0.2, 0.25) is 0 Å². The van der Waals surface area contributed by atoms with Gasteiger partial charge in [-0.05, 0) is 24.6 Å². The first-order valence-electron chi connectivity index (χ1n) is 10.6. The van der Waals surface area contributed by atoms with Crippen molar-refractivity contribution in [1.29, 1.82) is 0 Å². The van der Waals surface area contributed by atoms with Crippen LogP contribution in [0.4, 0.5) is 17.1 Å². The van der Waals surface area contributed by atoms with Crippen molar-refractivity contribution in [2.45, 2.75) is 13.0 Å². The monoisotopic (exact) mass is 447 g/mol. The van der Waals surface area contributed by atoms with E-state index in [-0.39, 0.29) is 40.3 Å². The van der Waals surface area contributed by atoms with Crippen LogP contribution in [0.3, 0.4) is 0 Å². The summed E-state index contributed by atoms with van der Waals surface area (Å²) in [5.41, 5.74) is 0.728. The molecule has 1 amide bonds. The lowest BCUT2D eigenvalue weighted by Gasteiger charge is -2.27. The topological polar surface area (TPSA) is 108 Å². The van der Waals surface area contributed by atoms with Gasteiger partial charge >= 0.3 is 0 Å². The van der Waals surface area contributed by atoms with Crippen LogP contribution < -0.4 is 21.5 Å². The Balaban J connectivity index is 1.60. The molecule has 0 aromatic heterocycles. The van der Waals surface area contributed by atoms with Crippen molar-refractivity contribution < 1.29 is 14.6 Å². The number of ether oxygens (including phenoxy) is 1. The number of anilines is 3. The van der Waals surface area contributed by atoms with Gasteiger partial charge in [0, 0.05) is 13.1 Å². The molecular weight excluding hydrogens is 422 g/mol. The van der Waals surface area contributed by atoms with Crippen LogP contribution in [-0.2, 0) is 4.74 Å². The van der Waals surface area contributed by atoms with Gasteiger partial charge in [0.1, 0.15) is 11.4 Å². The molecule has 8 heteroatoms. The minimum atomic E-state index is -0.699. The third kappa shape index (κ3) is 4.38. The average Bonchev–Trinajstić information content (AvgIpc) is 2.84. The van der Waals surface area contributed by atoms with Crippen LogP contribution in [0.5, 0.6) is 5.75 Å². The van der Waals surface area contributed by atoms with Gasteiger partial charge < -0.3 is 25.4 Å². The van der Waals surface area contributed by atoms with Crippen molar-refractivity contribution in [3.05, 3.63) is 92.3 Å². The molecule has 3 N–H and O–H groups in total. The van der Waals surface area contributed by atoms with Gasteiger partial charge in [-0.25, -0.2) is 0 Å². The highest BCUT2D eigenvalue weighted by atomic mass is 16.5. The maximum Gasteiger partial charge on any atom is 0.257 e. The fourth-order valence-corrected chi connectivity index (χ4v) is 3.82. The zero-order valence-corrected chi connectivity index (χ0v) is 18.3. The number of amides is 1. The highest BCUT2D eigenvalue weighted by molar-refractivity contribution is 5.99. The zero-order valence-electron chi connectivity index (χ0n) is 18.3. The van der Waals surface area contributed by atoms with Crippen molar-refractivity contribution in [3.8, 4) is 5.75 Å². The lowest BCUT2D eigenvalue weighted by atomic mass is 9.99. The lowest BCUT2D eigenvalue weighted by Crippen LogP contribution is -2.40. The number of nitrogens with zero attached hydrogens (tertiary/aromatic N) is 1. The van der Waals surface area contributed by atoms with E-state index in [4.69, 9.17) is 4.74 Å². The van der Waals surface area contributed by atoms with E-state index < -0.39 is 10.9 Å². The smallest absolute Gasteiger partial charge is 0.257 e. The highest BCUT2D eigenvalue weighted by Gasteiger charge is 2.27. The molecule has 33 heavy (non-hydrogen) atoms. The van der Waals surface area contributed by atoms with E-state index in [9.17, 15) is 19.5 Å². The number of hydrogen-bond acceptors (Lipinski definition) is 7. The number of para-hydroxylation sites is 1. The Morgan fingerprint density at radius 3 is 2.36 bits per heavy atom. The maximum absolute atomic E-state index is 12.8. The van der Waals surface area contributed by atoms with Crippen LogP contribution in [0, 0.1) is 0 Å². The van der Waals surface area contributed by atoms with Gasteiger partial charge in [0.25, 0.3) is 16.8 Å². The van der Waals surface area contributed by atoms with E-state index in [2.05, 4.69) is 17.2 Å². The number of phenols is 1. The summed E-state index contributed by atoms with van der Waals surface area (Å²) in [6.07, 6.45) is 0. The summed E-state index contributed by atoms with van der Waals surface area (Å²) in [7, 11) is 0.